The normalized spacial score (nSPS) is 14.8. The van der Waals surface area contributed by atoms with Crippen LogP contribution in [0, 0.1) is 0 Å². The Kier molecular flexibility index (Phi) is 4.70. The van der Waals surface area contributed by atoms with E-state index in [-0.39, 0.29) is 12.2 Å². The van der Waals surface area contributed by atoms with Crippen LogP contribution in [-0.2, 0) is 24.1 Å². The third kappa shape index (κ3) is 3.41. The van der Waals surface area contributed by atoms with Gasteiger partial charge < -0.3 is 10.2 Å². The summed E-state index contributed by atoms with van der Waals surface area (Å²) in [6.07, 6.45) is 6.60. The summed E-state index contributed by atoms with van der Waals surface area (Å²) in [5.74, 6) is -0.659. The van der Waals surface area contributed by atoms with Gasteiger partial charge in [-0.2, -0.15) is 0 Å². The molecule has 0 heterocycles. The number of rotatable bonds is 4. The van der Waals surface area contributed by atoms with E-state index in [0.717, 1.165) is 36.8 Å². The number of aliphatic carboxylic acids is 1. The van der Waals surface area contributed by atoms with Gasteiger partial charge >= 0.3 is 5.97 Å². The second kappa shape index (κ2) is 6.29. The first-order valence-corrected chi connectivity index (χ1v) is 7.21. The SMILES string of the molecule is O=C(O)CCCc1cc2c(c(Cl)c1O)CCCCC2. The number of fused-ring (bicyclic) bond motifs is 1. The topological polar surface area (TPSA) is 57.5 Å². The fraction of sp³-hybridized carbons (Fsp3) is 0.533. The fourth-order valence-corrected chi connectivity index (χ4v) is 3.04. The molecule has 1 aromatic rings. The van der Waals surface area contributed by atoms with Gasteiger partial charge in [-0.15, -0.1) is 0 Å². The second-order valence-corrected chi connectivity index (χ2v) is 5.52. The van der Waals surface area contributed by atoms with Crippen molar-refractivity contribution in [1.29, 1.82) is 0 Å². The van der Waals surface area contributed by atoms with E-state index in [0.29, 0.717) is 17.9 Å². The van der Waals surface area contributed by atoms with Crippen LogP contribution < -0.4 is 0 Å². The van der Waals surface area contributed by atoms with E-state index in [9.17, 15) is 9.90 Å². The quantitative estimate of drug-likeness (QED) is 0.828. The van der Waals surface area contributed by atoms with E-state index >= 15 is 0 Å². The summed E-state index contributed by atoms with van der Waals surface area (Å²) in [4.78, 5) is 10.5. The standard InChI is InChI=1S/C15H19ClO3/c16-14-12-7-3-1-2-5-10(12)9-11(15(14)19)6-4-8-13(17)18/h9,19H,1-8H2,(H,17,18). The molecule has 0 bridgehead atoms. The van der Waals surface area contributed by atoms with Crippen molar-refractivity contribution in [1.82, 2.24) is 0 Å². The van der Waals surface area contributed by atoms with Crippen LogP contribution in [0.2, 0.25) is 5.02 Å². The fourth-order valence-electron chi connectivity index (χ4n) is 2.70. The second-order valence-electron chi connectivity index (χ2n) is 5.14. The summed E-state index contributed by atoms with van der Waals surface area (Å²) in [5, 5.41) is 19.3. The molecule has 2 rings (SSSR count). The lowest BCUT2D eigenvalue weighted by Gasteiger charge is -2.14. The number of carboxylic acids is 1. The maximum atomic E-state index is 10.5. The molecule has 0 aliphatic heterocycles. The number of carboxylic acid groups (broad SMARTS) is 1. The van der Waals surface area contributed by atoms with Gasteiger partial charge in [0.1, 0.15) is 5.75 Å². The molecule has 1 aliphatic rings. The Morgan fingerprint density at radius 1 is 1.26 bits per heavy atom. The molecule has 0 aromatic heterocycles. The van der Waals surface area contributed by atoms with Gasteiger partial charge in [0.05, 0.1) is 5.02 Å². The number of benzene rings is 1. The molecule has 19 heavy (non-hydrogen) atoms. The summed E-state index contributed by atoms with van der Waals surface area (Å²) < 4.78 is 0. The van der Waals surface area contributed by atoms with E-state index in [1.165, 1.54) is 12.0 Å². The predicted octanol–water partition coefficient (Wildman–Crippen LogP) is 3.72. The molecule has 0 unspecified atom stereocenters. The molecule has 0 fully saturated rings. The van der Waals surface area contributed by atoms with Gasteiger partial charge in [0.15, 0.2) is 0 Å². The van der Waals surface area contributed by atoms with E-state index < -0.39 is 5.97 Å². The summed E-state index contributed by atoms with van der Waals surface area (Å²) in [6.45, 7) is 0. The van der Waals surface area contributed by atoms with Crippen molar-refractivity contribution < 1.29 is 15.0 Å². The Labute approximate surface area is 118 Å². The van der Waals surface area contributed by atoms with E-state index in [4.69, 9.17) is 16.7 Å². The maximum absolute atomic E-state index is 10.5. The molecule has 1 aliphatic carbocycles. The van der Waals surface area contributed by atoms with Gasteiger partial charge in [-0.1, -0.05) is 24.1 Å². The van der Waals surface area contributed by atoms with Crippen molar-refractivity contribution in [3.8, 4) is 5.75 Å². The monoisotopic (exact) mass is 282 g/mol. The van der Waals surface area contributed by atoms with Crippen LogP contribution in [0.3, 0.4) is 0 Å². The lowest BCUT2D eigenvalue weighted by Crippen LogP contribution is -2.00. The van der Waals surface area contributed by atoms with Gasteiger partial charge in [0, 0.05) is 6.42 Å². The summed E-state index contributed by atoms with van der Waals surface area (Å²) in [6, 6.07) is 2.02. The predicted molar refractivity (Wildman–Crippen MR) is 74.9 cm³/mol. The Hall–Kier alpha value is -1.22. The van der Waals surface area contributed by atoms with Gasteiger partial charge in [0.2, 0.25) is 0 Å². The first-order chi connectivity index (χ1) is 9.09. The first kappa shape index (κ1) is 14.2. The summed E-state index contributed by atoms with van der Waals surface area (Å²) in [5.41, 5.74) is 3.09. The third-order valence-corrected chi connectivity index (χ3v) is 4.13. The molecule has 4 heteroatoms. The van der Waals surface area contributed by atoms with Crippen LogP contribution in [0.25, 0.3) is 0 Å². The van der Waals surface area contributed by atoms with Gasteiger partial charge in [0.25, 0.3) is 0 Å². The highest BCUT2D eigenvalue weighted by Crippen LogP contribution is 2.37. The zero-order chi connectivity index (χ0) is 13.8. The average Bonchev–Trinajstić information content (AvgIpc) is 2.60. The van der Waals surface area contributed by atoms with Crippen molar-refractivity contribution in [2.75, 3.05) is 0 Å². The van der Waals surface area contributed by atoms with Gasteiger partial charge in [-0.05, 0) is 55.2 Å². The minimum Gasteiger partial charge on any atom is -0.506 e. The van der Waals surface area contributed by atoms with Crippen LogP contribution in [0.4, 0.5) is 0 Å². The smallest absolute Gasteiger partial charge is 0.303 e. The van der Waals surface area contributed by atoms with Crippen LogP contribution in [-0.4, -0.2) is 16.2 Å². The molecule has 0 spiro atoms. The van der Waals surface area contributed by atoms with Crippen LogP contribution >= 0.6 is 11.6 Å². The number of hydrogen-bond donors (Lipinski definition) is 2. The summed E-state index contributed by atoms with van der Waals surface area (Å²) in [7, 11) is 0. The number of phenols is 1. The Balaban J connectivity index is 2.22. The number of aryl methyl sites for hydroxylation is 2. The minimum absolute atomic E-state index is 0.119. The third-order valence-electron chi connectivity index (χ3n) is 3.72. The van der Waals surface area contributed by atoms with Crippen LogP contribution in [0.5, 0.6) is 5.75 Å². The van der Waals surface area contributed by atoms with E-state index in [1.54, 1.807) is 0 Å². The average molecular weight is 283 g/mol. The van der Waals surface area contributed by atoms with Crippen molar-refractivity contribution in [3.63, 3.8) is 0 Å². The molecule has 3 nitrogen and oxygen atoms in total. The molecule has 0 amide bonds. The maximum Gasteiger partial charge on any atom is 0.303 e. The Morgan fingerprint density at radius 3 is 2.74 bits per heavy atom. The highest BCUT2D eigenvalue weighted by atomic mass is 35.5. The molecule has 0 saturated heterocycles. The molecule has 1 aromatic carbocycles. The first-order valence-electron chi connectivity index (χ1n) is 6.83. The molecule has 0 atom stereocenters. The van der Waals surface area contributed by atoms with Crippen molar-refractivity contribution in [3.05, 3.63) is 27.8 Å². The lowest BCUT2D eigenvalue weighted by molar-refractivity contribution is -0.137. The van der Waals surface area contributed by atoms with Gasteiger partial charge in [-0.3, -0.25) is 4.79 Å². The molecule has 104 valence electrons. The van der Waals surface area contributed by atoms with E-state index in [1.807, 2.05) is 6.07 Å². The van der Waals surface area contributed by atoms with E-state index in [2.05, 4.69) is 0 Å². The number of phenolic OH excluding ortho intramolecular Hbond substituents is 1. The van der Waals surface area contributed by atoms with Crippen molar-refractivity contribution >= 4 is 17.6 Å². The molecule has 2 N–H and O–H groups in total. The summed E-state index contributed by atoms with van der Waals surface area (Å²) >= 11 is 6.26. The van der Waals surface area contributed by atoms with Gasteiger partial charge in [-0.25, -0.2) is 0 Å². The highest BCUT2D eigenvalue weighted by molar-refractivity contribution is 6.33. The molecule has 0 saturated carbocycles. The molecular formula is C15H19ClO3. The number of carbonyl (C=O) groups is 1. The van der Waals surface area contributed by atoms with Crippen LogP contribution in [0.1, 0.15) is 48.8 Å². The Bertz CT molecular complexity index is 483. The lowest BCUT2D eigenvalue weighted by atomic mass is 9.96. The Morgan fingerprint density at radius 2 is 2.00 bits per heavy atom. The number of hydrogen-bond acceptors (Lipinski definition) is 2. The van der Waals surface area contributed by atoms with Crippen molar-refractivity contribution in [2.24, 2.45) is 0 Å². The minimum atomic E-state index is -0.805. The molecule has 0 radical (unpaired) electrons. The molecular weight excluding hydrogens is 264 g/mol. The zero-order valence-electron chi connectivity index (χ0n) is 10.9. The zero-order valence-corrected chi connectivity index (χ0v) is 11.7. The van der Waals surface area contributed by atoms with Crippen molar-refractivity contribution in [2.45, 2.75) is 51.4 Å². The van der Waals surface area contributed by atoms with Crippen LogP contribution in [0.15, 0.2) is 6.07 Å². The number of halogens is 1. The number of aromatic hydroxyl groups is 1. The largest absolute Gasteiger partial charge is 0.506 e. The highest BCUT2D eigenvalue weighted by Gasteiger charge is 2.17.